The highest BCUT2D eigenvalue weighted by molar-refractivity contribution is 6.10. The molecule has 0 saturated heterocycles. The van der Waals surface area contributed by atoms with Crippen LogP contribution in [0.15, 0.2) is 157 Å². The van der Waals surface area contributed by atoms with Crippen LogP contribution < -0.4 is 10.6 Å². The van der Waals surface area contributed by atoms with Crippen molar-refractivity contribution in [3.63, 3.8) is 0 Å². The molecule has 1 aliphatic rings. The lowest BCUT2D eigenvalue weighted by molar-refractivity contribution is 1.18. The van der Waals surface area contributed by atoms with Crippen LogP contribution in [0.5, 0.6) is 0 Å². The Morgan fingerprint density at radius 3 is 1.70 bits per heavy atom. The second-order valence-electron chi connectivity index (χ2n) is 11.8. The number of pyridine rings is 1. The molecule has 0 aliphatic carbocycles. The molecule has 0 radical (unpaired) electrons. The lowest BCUT2D eigenvalue weighted by atomic mass is 9.96. The van der Waals surface area contributed by atoms with Crippen molar-refractivity contribution in [1.29, 1.82) is 0 Å². The first-order valence-electron chi connectivity index (χ1n) is 15.9. The normalized spacial score (nSPS) is 12.1. The SMILES string of the molecule is C1=c2ccc3c(-c4ccc(-c5ccc(-c6cc(-c7ccccc7)nc(-c7ccccc7)n6)cc5)cc4)nc4ccccc4c3c2=NC1. The maximum atomic E-state index is 5.14. The van der Waals surface area contributed by atoms with Gasteiger partial charge in [-0.05, 0) is 28.5 Å². The molecule has 0 spiro atoms. The molecule has 0 fully saturated rings. The second-order valence-corrected chi connectivity index (χ2v) is 11.8. The monoisotopic (exact) mass is 600 g/mol. The van der Waals surface area contributed by atoms with E-state index in [2.05, 4.69) is 121 Å². The van der Waals surface area contributed by atoms with Gasteiger partial charge in [-0.15, -0.1) is 0 Å². The molecule has 6 aromatic carbocycles. The van der Waals surface area contributed by atoms with Crippen LogP contribution in [-0.2, 0) is 0 Å². The highest BCUT2D eigenvalue weighted by atomic mass is 14.9. The Morgan fingerprint density at radius 1 is 0.426 bits per heavy atom. The van der Waals surface area contributed by atoms with Crippen molar-refractivity contribution in [3.05, 3.63) is 162 Å². The van der Waals surface area contributed by atoms with Gasteiger partial charge in [-0.2, -0.15) is 0 Å². The van der Waals surface area contributed by atoms with Crippen molar-refractivity contribution in [1.82, 2.24) is 15.0 Å². The Kier molecular flexibility index (Phi) is 6.50. The molecule has 0 atom stereocenters. The van der Waals surface area contributed by atoms with Gasteiger partial charge in [0.1, 0.15) is 0 Å². The van der Waals surface area contributed by atoms with Crippen LogP contribution >= 0.6 is 0 Å². The number of benzene rings is 6. The van der Waals surface area contributed by atoms with Crippen molar-refractivity contribution >= 4 is 27.8 Å². The summed E-state index contributed by atoms with van der Waals surface area (Å²) in [6.07, 6.45) is 2.19. The van der Waals surface area contributed by atoms with Crippen molar-refractivity contribution in [2.45, 2.75) is 0 Å². The van der Waals surface area contributed by atoms with Gasteiger partial charge in [0.15, 0.2) is 5.82 Å². The van der Waals surface area contributed by atoms with Crippen LogP contribution in [0.1, 0.15) is 0 Å². The van der Waals surface area contributed by atoms with Gasteiger partial charge in [0.25, 0.3) is 0 Å². The highest BCUT2D eigenvalue weighted by Crippen LogP contribution is 2.33. The van der Waals surface area contributed by atoms with Crippen LogP contribution in [0.2, 0.25) is 0 Å². The number of para-hydroxylation sites is 1. The third-order valence-electron chi connectivity index (χ3n) is 8.93. The number of rotatable bonds is 5. The minimum absolute atomic E-state index is 0.716. The predicted molar refractivity (Wildman–Crippen MR) is 192 cm³/mol. The molecular formula is C43H28N4. The maximum Gasteiger partial charge on any atom is 0.160 e. The summed E-state index contributed by atoms with van der Waals surface area (Å²) < 4.78 is 0. The van der Waals surface area contributed by atoms with Crippen LogP contribution in [0.3, 0.4) is 0 Å². The Labute approximate surface area is 272 Å². The van der Waals surface area contributed by atoms with E-state index in [1.54, 1.807) is 0 Å². The molecule has 0 amide bonds. The highest BCUT2D eigenvalue weighted by Gasteiger charge is 2.14. The van der Waals surface area contributed by atoms with Crippen molar-refractivity contribution < 1.29 is 0 Å². The molecule has 0 bridgehead atoms. The fraction of sp³-hybridized carbons (Fsp3) is 0.0233. The Bertz CT molecular complexity index is 2500. The molecule has 47 heavy (non-hydrogen) atoms. The summed E-state index contributed by atoms with van der Waals surface area (Å²) in [5, 5.41) is 5.75. The van der Waals surface area contributed by atoms with E-state index in [1.165, 1.54) is 10.6 Å². The standard InChI is InChI=1S/C43H28N4/c1-3-9-30(10-4-1)38-27-39(47-43(46-38)34-11-5-2-6-12-34)31-19-15-28(16-20-31)29-17-21-32(22-18-29)41-36-24-23-33-25-26-44-42(33)40(36)35-13-7-8-14-37(35)45-41/h1-25,27H,26H2. The van der Waals surface area contributed by atoms with E-state index in [4.69, 9.17) is 19.9 Å². The fourth-order valence-electron chi connectivity index (χ4n) is 6.55. The van der Waals surface area contributed by atoms with E-state index in [0.717, 1.165) is 78.7 Å². The molecule has 8 aromatic rings. The van der Waals surface area contributed by atoms with E-state index < -0.39 is 0 Å². The first kappa shape index (κ1) is 27.1. The summed E-state index contributed by atoms with van der Waals surface area (Å²) in [6, 6.07) is 52.6. The van der Waals surface area contributed by atoms with Gasteiger partial charge < -0.3 is 0 Å². The summed E-state index contributed by atoms with van der Waals surface area (Å²) in [5.41, 5.74) is 10.3. The van der Waals surface area contributed by atoms with Gasteiger partial charge in [-0.1, -0.05) is 146 Å². The van der Waals surface area contributed by atoms with E-state index in [1.807, 2.05) is 36.4 Å². The number of aromatic nitrogens is 3. The third-order valence-corrected chi connectivity index (χ3v) is 8.93. The summed E-state index contributed by atoms with van der Waals surface area (Å²) in [6.45, 7) is 0.730. The van der Waals surface area contributed by atoms with Gasteiger partial charge in [0.2, 0.25) is 0 Å². The Balaban J connectivity index is 1.08. The minimum atomic E-state index is 0.716. The van der Waals surface area contributed by atoms with Gasteiger partial charge in [0, 0.05) is 38.4 Å². The molecule has 2 aromatic heterocycles. The van der Waals surface area contributed by atoms with Crippen LogP contribution in [-0.4, -0.2) is 21.5 Å². The van der Waals surface area contributed by atoms with Gasteiger partial charge in [-0.3, -0.25) is 4.99 Å². The molecule has 3 heterocycles. The number of nitrogens with zero attached hydrogens (tertiary/aromatic N) is 4. The lowest BCUT2D eigenvalue weighted by Gasteiger charge is -2.12. The quantitative estimate of drug-likeness (QED) is 0.185. The maximum absolute atomic E-state index is 5.14. The van der Waals surface area contributed by atoms with Crippen molar-refractivity contribution in [3.8, 4) is 56.3 Å². The second kappa shape index (κ2) is 11.3. The van der Waals surface area contributed by atoms with Crippen molar-refractivity contribution in [2.24, 2.45) is 4.99 Å². The lowest BCUT2D eigenvalue weighted by Crippen LogP contribution is -2.22. The van der Waals surface area contributed by atoms with E-state index in [0.29, 0.717) is 5.82 Å². The third kappa shape index (κ3) is 4.88. The van der Waals surface area contributed by atoms with E-state index in [9.17, 15) is 0 Å². The van der Waals surface area contributed by atoms with E-state index >= 15 is 0 Å². The Hall–Kier alpha value is -6.26. The average Bonchev–Trinajstić information content (AvgIpc) is 3.65. The Morgan fingerprint density at radius 2 is 1.00 bits per heavy atom. The molecule has 9 rings (SSSR count). The van der Waals surface area contributed by atoms with Gasteiger partial charge in [0.05, 0.1) is 34.5 Å². The van der Waals surface area contributed by atoms with Crippen LogP contribution in [0, 0.1) is 0 Å². The minimum Gasteiger partial charge on any atom is -0.280 e. The molecule has 1 aliphatic heterocycles. The summed E-state index contributed by atoms with van der Waals surface area (Å²) in [7, 11) is 0. The zero-order valence-electron chi connectivity index (χ0n) is 25.5. The molecule has 0 unspecified atom stereocenters. The molecular weight excluding hydrogens is 573 g/mol. The van der Waals surface area contributed by atoms with Gasteiger partial charge in [-0.25, -0.2) is 15.0 Å². The molecule has 0 N–H and O–H groups in total. The largest absolute Gasteiger partial charge is 0.280 e. The molecule has 220 valence electrons. The van der Waals surface area contributed by atoms with Crippen molar-refractivity contribution in [2.75, 3.05) is 6.54 Å². The first-order valence-corrected chi connectivity index (χ1v) is 15.9. The molecule has 4 heteroatoms. The van der Waals surface area contributed by atoms with Crippen LogP contribution in [0.25, 0.3) is 84.0 Å². The number of hydrogen-bond acceptors (Lipinski definition) is 4. The zero-order chi connectivity index (χ0) is 31.2. The number of fused-ring (bicyclic) bond motifs is 5. The smallest absolute Gasteiger partial charge is 0.160 e. The average molecular weight is 601 g/mol. The van der Waals surface area contributed by atoms with Gasteiger partial charge >= 0.3 is 0 Å². The number of hydrogen-bond donors (Lipinski definition) is 0. The van der Waals surface area contributed by atoms with E-state index in [-0.39, 0.29) is 0 Å². The zero-order valence-corrected chi connectivity index (χ0v) is 25.5. The first-order chi connectivity index (χ1) is 23.3. The fourth-order valence-corrected chi connectivity index (χ4v) is 6.55. The molecule has 0 saturated carbocycles. The summed E-state index contributed by atoms with van der Waals surface area (Å²) in [4.78, 5) is 19.9. The predicted octanol–water partition coefficient (Wildman–Crippen LogP) is 8.93. The topological polar surface area (TPSA) is 51.0 Å². The molecule has 4 nitrogen and oxygen atoms in total. The summed E-state index contributed by atoms with van der Waals surface area (Å²) in [5.74, 6) is 0.716. The van der Waals surface area contributed by atoms with Crippen LogP contribution in [0.4, 0.5) is 0 Å². The summed E-state index contributed by atoms with van der Waals surface area (Å²) >= 11 is 0.